The van der Waals surface area contributed by atoms with Gasteiger partial charge in [0.2, 0.25) is 0 Å². The standard InChI is InChI=1S/C15H19N3O/c1-3-12(13-7-5-4-6-8-13)9-16-15(19)14-10-17-18(2)11-14/h4-8,10-12H,3,9H2,1-2H3,(H,16,19). The Bertz CT molecular complexity index is 533. The summed E-state index contributed by atoms with van der Waals surface area (Å²) in [4.78, 5) is 11.9. The van der Waals surface area contributed by atoms with E-state index in [1.807, 2.05) is 18.2 Å². The van der Waals surface area contributed by atoms with Crippen LogP contribution in [-0.2, 0) is 7.05 Å². The van der Waals surface area contributed by atoms with Gasteiger partial charge in [-0.2, -0.15) is 5.10 Å². The number of nitrogens with zero attached hydrogens (tertiary/aromatic N) is 2. The highest BCUT2D eigenvalue weighted by Crippen LogP contribution is 2.18. The highest BCUT2D eigenvalue weighted by molar-refractivity contribution is 5.93. The molecule has 0 bridgehead atoms. The molecular weight excluding hydrogens is 238 g/mol. The van der Waals surface area contributed by atoms with Crippen LogP contribution in [0.25, 0.3) is 0 Å². The lowest BCUT2D eigenvalue weighted by atomic mass is 9.96. The number of hydrogen-bond acceptors (Lipinski definition) is 2. The van der Waals surface area contributed by atoms with Crippen molar-refractivity contribution in [3.8, 4) is 0 Å². The van der Waals surface area contributed by atoms with Gasteiger partial charge in [0, 0.05) is 25.7 Å². The van der Waals surface area contributed by atoms with Crippen molar-refractivity contribution in [2.75, 3.05) is 6.54 Å². The second-order valence-electron chi connectivity index (χ2n) is 4.63. The number of aryl methyl sites for hydroxylation is 1. The van der Waals surface area contributed by atoms with E-state index in [1.54, 1.807) is 24.1 Å². The Hall–Kier alpha value is -2.10. The van der Waals surface area contributed by atoms with Crippen molar-refractivity contribution in [1.82, 2.24) is 15.1 Å². The van der Waals surface area contributed by atoms with Gasteiger partial charge in [-0.05, 0) is 12.0 Å². The van der Waals surface area contributed by atoms with Crippen LogP contribution in [0.15, 0.2) is 42.7 Å². The summed E-state index contributed by atoms with van der Waals surface area (Å²) in [5.41, 5.74) is 1.86. The third-order valence-electron chi connectivity index (χ3n) is 3.24. The second-order valence-corrected chi connectivity index (χ2v) is 4.63. The zero-order chi connectivity index (χ0) is 13.7. The maximum absolute atomic E-state index is 11.9. The fourth-order valence-corrected chi connectivity index (χ4v) is 2.08. The normalized spacial score (nSPS) is 12.1. The lowest BCUT2D eigenvalue weighted by Gasteiger charge is -2.15. The molecular formula is C15H19N3O. The molecule has 1 heterocycles. The average molecular weight is 257 g/mol. The first-order chi connectivity index (χ1) is 9.20. The minimum atomic E-state index is -0.0671. The molecule has 1 N–H and O–H groups in total. The molecule has 1 amide bonds. The number of rotatable bonds is 5. The summed E-state index contributed by atoms with van der Waals surface area (Å²) in [5, 5.41) is 6.97. The van der Waals surface area contributed by atoms with Gasteiger partial charge >= 0.3 is 0 Å². The molecule has 0 aliphatic heterocycles. The SMILES string of the molecule is CCC(CNC(=O)c1cnn(C)c1)c1ccccc1. The van der Waals surface area contributed by atoms with Gasteiger partial charge in [-0.15, -0.1) is 0 Å². The zero-order valence-electron chi connectivity index (χ0n) is 11.3. The van der Waals surface area contributed by atoms with Crippen LogP contribution in [0, 0.1) is 0 Å². The first kappa shape index (κ1) is 13.3. The Labute approximate surface area is 113 Å². The van der Waals surface area contributed by atoms with E-state index in [1.165, 1.54) is 5.56 Å². The van der Waals surface area contributed by atoms with Crippen molar-refractivity contribution in [3.05, 3.63) is 53.9 Å². The van der Waals surface area contributed by atoms with Crippen LogP contribution in [0.4, 0.5) is 0 Å². The van der Waals surface area contributed by atoms with Crippen molar-refractivity contribution < 1.29 is 4.79 Å². The molecule has 0 saturated carbocycles. The van der Waals surface area contributed by atoms with E-state index in [0.717, 1.165) is 6.42 Å². The molecule has 0 saturated heterocycles. The van der Waals surface area contributed by atoms with Crippen molar-refractivity contribution in [2.45, 2.75) is 19.3 Å². The van der Waals surface area contributed by atoms with E-state index in [-0.39, 0.29) is 5.91 Å². The van der Waals surface area contributed by atoms with E-state index < -0.39 is 0 Å². The fraction of sp³-hybridized carbons (Fsp3) is 0.333. The largest absolute Gasteiger partial charge is 0.351 e. The van der Waals surface area contributed by atoms with Crippen molar-refractivity contribution in [1.29, 1.82) is 0 Å². The molecule has 4 nitrogen and oxygen atoms in total. The lowest BCUT2D eigenvalue weighted by molar-refractivity contribution is 0.0951. The number of carbonyl (C=O) groups is 1. The Kier molecular flexibility index (Phi) is 4.34. The number of nitrogens with one attached hydrogen (secondary N) is 1. The Morgan fingerprint density at radius 1 is 1.37 bits per heavy atom. The molecule has 1 aromatic carbocycles. The summed E-state index contributed by atoms with van der Waals surface area (Å²) in [6, 6.07) is 10.3. The smallest absolute Gasteiger partial charge is 0.254 e. The van der Waals surface area contributed by atoms with Crippen LogP contribution >= 0.6 is 0 Å². The molecule has 0 aliphatic carbocycles. The Morgan fingerprint density at radius 2 is 2.11 bits per heavy atom. The summed E-state index contributed by atoms with van der Waals surface area (Å²) in [6.07, 6.45) is 4.30. The van der Waals surface area contributed by atoms with Gasteiger partial charge in [-0.25, -0.2) is 0 Å². The molecule has 2 rings (SSSR count). The number of amides is 1. The summed E-state index contributed by atoms with van der Waals surface area (Å²) in [5.74, 6) is 0.282. The van der Waals surface area contributed by atoms with Gasteiger partial charge in [-0.1, -0.05) is 37.3 Å². The fourth-order valence-electron chi connectivity index (χ4n) is 2.08. The molecule has 100 valence electrons. The first-order valence-electron chi connectivity index (χ1n) is 6.52. The van der Waals surface area contributed by atoms with E-state index in [0.29, 0.717) is 18.0 Å². The van der Waals surface area contributed by atoms with Gasteiger partial charge in [0.25, 0.3) is 5.91 Å². The molecule has 1 atom stereocenters. The molecule has 1 aromatic heterocycles. The Balaban J connectivity index is 1.95. The number of benzene rings is 1. The van der Waals surface area contributed by atoms with Crippen LogP contribution in [0.2, 0.25) is 0 Å². The average Bonchev–Trinajstić information content (AvgIpc) is 2.87. The highest BCUT2D eigenvalue weighted by Gasteiger charge is 2.12. The predicted molar refractivity (Wildman–Crippen MR) is 75.0 cm³/mol. The number of hydrogen-bond donors (Lipinski definition) is 1. The van der Waals surface area contributed by atoms with Crippen LogP contribution in [-0.4, -0.2) is 22.2 Å². The second kappa shape index (κ2) is 6.18. The van der Waals surface area contributed by atoms with Crippen molar-refractivity contribution >= 4 is 5.91 Å². The highest BCUT2D eigenvalue weighted by atomic mass is 16.1. The van der Waals surface area contributed by atoms with Gasteiger partial charge in [0.15, 0.2) is 0 Å². The summed E-state index contributed by atoms with van der Waals surface area (Å²) < 4.78 is 1.63. The molecule has 0 radical (unpaired) electrons. The summed E-state index contributed by atoms with van der Waals surface area (Å²) >= 11 is 0. The molecule has 4 heteroatoms. The zero-order valence-corrected chi connectivity index (χ0v) is 11.3. The monoisotopic (exact) mass is 257 g/mol. The van der Waals surface area contributed by atoms with Crippen LogP contribution in [0.5, 0.6) is 0 Å². The lowest BCUT2D eigenvalue weighted by Crippen LogP contribution is -2.28. The minimum Gasteiger partial charge on any atom is -0.351 e. The predicted octanol–water partition coefficient (Wildman–Crippen LogP) is 2.34. The van der Waals surface area contributed by atoms with Crippen LogP contribution in [0.1, 0.15) is 35.2 Å². The molecule has 2 aromatic rings. The van der Waals surface area contributed by atoms with E-state index >= 15 is 0 Å². The van der Waals surface area contributed by atoms with Crippen LogP contribution in [0.3, 0.4) is 0 Å². The number of aromatic nitrogens is 2. The first-order valence-corrected chi connectivity index (χ1v) is 6.52. The van der Waals surface area contributed by atoms with Gasteiger partial charge in [0.1, 0.15) is 0 Å². The van der Waals surface area contributed by atoms with Gasteiger partial charge < -0.3 is 5.32 Å². The molecule has 19 heavy (non-hydrogen) atoms. The van der Waals surface area contributed by atoms with E-state index in [4.69, 9.17) is 0 Å². The molecule has 1 unspecified atom stereocenters. The van der Waals surface area contributed by atoms with Gasteiger partial charge in [0.05, 0.1) is 11.8 Å². The minimum absolute atomic E-state index is 0.0671. The molecule has 0 spiro atoms. The third-order valence-corrected chi connectivity index (χ3v) is 3.24. The summed E-state index contributed by atoms with van der Waals surface area (Å²) in [7, 11) is 1.80. The maximum atomic E-state index is 11.9. The quantitative estimate of drug-likeness (QED) is 0.893. The van der Waals surface area contributed by atoms with Crippen LogP contribution < -0.4 is 5.32 Å². The van der Waals surface area contributed by atoms with Crippen molar-refractivity contribution in [3.63, 3.8) is 0 Å². The maximum Gasteiger partial charge on any atom is 0.254 e. The van der Waals surface area contributed by atoms with Gasteiger partial charge in [-0.3, -0.25) is 9.48 Å². The van der Waals surface area contributed by atoms with E-state index in [2.05, 4.69) is 29.5 Å². The molecule has 0 aliphatic rings. The van der Waals surface area contributed by atoms with Crippen molar-refractivity contribution in [2.24, 2.45) is 7.05 Å². The molecule has 0 fully saturated rings. The van der Waals surface area contributed by atoms with E-state index in [9.17, 15) is 4.79 Å². The number of carbonyl (C=O) groups excluding carboxylic acids is 1. The summed E-state index contributed by atoms with van der Waals surface area (Å²) in [6.45, 7) is 2.78. The Morgan fingerprint density at radius 3 is 2.68 bits per heavy atom. The third kappa shape index (κ3) is 3.44. The topological polar surface area (TPSA) is 46.9 Å².